The number of nitrogens with two attached hydrogens (primary N) is 1. The van der Waals surface area contributed by atoms with Crippen molar-refractivity contribution in [3.63, 3.8) is 0 Å². The van der Waals surface area contributed by atoms with Gasteiger partial charge in [0.05, 0.1) is 5.54 Å². The van der Waals surface area contributed by atoms with Crippen LogP contribution in [0.25, 0.3) is 0 Å². The fourth-order valence-electron chi connectivity index (χ4n) is 3.91. The van der Waals surface area contributed by atoms with E-state index in [-0.39, 0.29) is 5.91 Å². The molecule has 0 bridgehead atoms. The highest BCUT2D eigenvalue weighted by Crippen LogP contribution is 2.26. The van der Waals surface area contributed by atoms with Crippen molar-refractivity contribution < 1.29 is 4.79 Å². The molecule has 2 aliphatic rings. The molecule has 1 saturated heterocycles. The van der Waals surface area contributed by atoms with Gasteiger partial charge < -0.3 is 11.1 Å². The van der Waals surface area contributed by atoms with Crippen LogP contribution >= 0.6 is 11.3 Å². The fourth-order valence-corrected chi connectivity index (χ4v) is 4.65. The first-order valence-electron chi connectivity index (χ1n) is 8.98. The van der Waals surface area contributed by atoms with Gasteiger partial charge in [-0.15, -0.1) is 11.3 Å². The Hall–Kier alpha value is -0.910. The lowest BCUT2D eigenvalue weighted by molar-refractivity contribution is -0.127. The summed E-state index contributed by atoms with van der Waals surface area (Å²) in [6.07, 6.45) is 7.50. The third-order valence-corrected chi connectivity index (χ3v) is 6.17. The molecule has 0 spiro atoms. The second kappa shape index (κ2) is 7.77. The molecule has 1 aromatic rings. The van der Waals surface area contributed by atoms with E-state index in [1.807, 2.05) is 11.3 Å². The van der Waals surface area contributed by atoms with Crippen molar-refractivity contribution in [1.82, 2.24) is 10.2 Å². The van der Waals surface area contributed by atoms with Crippen LogP contribution in [-0.4, -0.2) is 36.0 Å². The highest BCUT2D eigenvalue weighted by atomic mass is 32.1. The molecule has 1 saturated carbocycles. The molecule has 1 aromatic heterocycles. The second-order valence-corrected chi connectivity index (χ2v) is 8.28. The normalized spacial score (nSPS) is 25.2. The number of piperidine rings is 1. The Morgan fingerprint density at radius 3 is 2.91 bits per heavy atom. The van der Waals surface area contributed by atoms with Crippen molar-refractivity contribution in [1.29, 1.82) is 0 Å². The first kappa shape index (κ1) is 16.9. The van der Waals surface area contributed by atoms with Crippen LogP contribution in [0.1, 0.15) is 49.8 Å². The van der Waals surface area contributed by atoms with Crippen LogP contribution in [0.4, 0.5) is 0 Å². The minimum Gasteiger partial charge on any atom is -0.354 e. The van der Waals surface area contributed by atoms with Gasteiger partial charge in [-0.05, 0) is 49.6 Å². The highest BCUT2D eigenvalue weighted by Gasteiger charge is 2.35. The number of amides is 1. The molecular weight excluding hydrogens is 306 g/mol. The van der Waals surface area contributed by atoms with Crippen molar-refractivity contribution in [3.05, 3.63) is 22.4 Å². The first-order valence-corrected chi connectivity index (χ1v) is 9.86. The Bertz CT molecular complexity index is 496. The minimum atomic E-state index is -0.608. The van der Waals surface area contributed by atoms with Gasteiger partial charge in [0.15, 0.2) is 0 Å². The van der Waals surface area contributed by atoms with Crippen molar-refractivity contribution in [2.24, 2.45) is 11.7 Å². The highest BCUT2D eigenvalue weighted by molar-refractivity contribution is 7.09. The lowest BCUT2D eigenvalue weighted by Crippen LogP contribution is -2.56. The molecule has 3 N–H and O–H groups in total. The van der Waals surface area contributed by atoms with Crippen LogP contribution in [0.2, 0.25) is 0 Å². The van der Waals surface area contributed by atoms with Crippen LogP contribution < -0.4 is 11.1 Å². The molecule has 4 nitrogen and oxygen atoms in total. The molecule has 1 aliphatic heterocycles. The summed E-state index contributed by atoms with van der Waals surface area (Å²) in [4.78, 5) is 16.4. The summed E-state index contributed by atoms with van der Waals surface area (Å²) in [5, 5.41) is 5.29. The van der Waals surface area contributed by atoms with Crippen LogP contribution in [0, 0.1) is 5.92 Å². The standard InChI is InChI=1S/C18H29N3OS/c19-18(8-2-1-3-9-18)17(22)20-12-15-6-4-10-21(13-15)14-16-7-5-11-23-16/h5,7,11,15H,1-4,6,8-10,12-14,19H2,(H,20,22). The average molecular weight is 336 g/mol. The lowest BCUT2D eigenvalue weighted by Gasteiger charge is -2.35. The van der Waals surface area contributed by atoms with Crippen molar-refractivity contribution in [2.45, 2.75) is 57.0 Å². The Balaban J connectivity index is 1.45. The zero-order valence-corrected chi connectivity index (χ0v) is 14.7. The third-order valence-electron chi connectivity index (χ3n) is 5.31. The van der Waals surface area contributed by atoms with Gasteiger partial charge in [-0.1, -0.05) is 25.3 Å². The topological polar surface area (TPSA) is 58.4 Å². The third kappa shape index (κ3) is 4.55. The quantitative estimate of drug-likeness (QED) is 0.870. The number of nitrogens with zero attached hydrogens (tertiary/aromatic N) is 1. The first-order chi connectivity index (χ1) is 11.2. The van der Waals surface area contributed by atoms with E-state index in [9.17, 15) is 4.79 Å². The van der Waals surface area contributed by atoms with Crippen molar-refractivity contribution in [2.75, 3.05) is 19.6 Å². The molecule has 1 atom stereocenters. The largest absolute Gasteiger partial charge is 0.354 e. The molecule has 128 valence electrons. The molecule has 1 aliphatic carbocycles. The Labute approximate surface area is 143 Å². The van der Waals surface area contributed by atoms with Crippen LogP contribution in [0.3, 0.4) is 0 Å². The van der Waals surface area contributed by atoms with E-state index >= 15 is 0 Å². The monoisotopic (exact) mass is 335 g/mol. The van der Waals surface area contributed by atoms with Crippen molar-refractivity contribution in [3.8, 4) is 0 Å². The number of thiophene rings is 1. The van der Waals surface area contributed by atoms with Gasteiger partial charge in [-0.2, -0.15) is 0 Å². The zero-order chi connectivity index (χ0) is 16.1. The van der Waals surface area contributed by atoms with Gasteiger partial charge in [0.25, 0.3) is 0 Å². The van der Waals surface area contributed by atoms with E-state index < -0.39 is 5.54 Å². The molecular formula is C18H29N3OS. The number of rotatable bonds is 5. The minimum absolute atomic E-state index is 0.0765. The summed E-state index contributed by atoms with van der Waals surface area (Å²) in [5.41, 5.74) is 5.71. The number of carbonyl (C=O) groups excluding carboxylic acids is 1. The zero-order valence-electron chi connectivity index (χ0n) is 13.9. The number of carbonyl (C=O) groups is 1. The molecule has 23 heavy (non-hydrogen) atoms. The Kier molecular flexibility index (Phi) is 5.72. The van der Waals surface area contributed by atoms with Crippen LogP contribution in [-0.2, 0) is 11.3 Å². The van der Waals surface area contributed by atoms with E-state index in [1.54, 1.807) is 0 Å². The SMILES string of the molecule is NC1(C(=O)NCC2CCCN(Cc3cccs3)C2)CCCCC1. The predicted molar refractivity (Wildman–Crippen MR) is 95.3 cm³/mol. The van der Waals surface area contributed by atoms with Gasteiger partial charge in [0.1, 0.15) is 0 Å². The molecule has 2 fully saturated rings. The van der Waals surface area contributed by atoms with E-state index in [2.05, 4.69) is 27.7 Å². The Morgan fingerprint density at radius 1 is 1.35 bits per heavy atom. The molecule has 1 amide bonds. The molecule has 2 heterocycles. The number of nitrogens with one attached hydrogen (secondary N) is 1. The van der Waals surface area contributed by atoms with Gasteiger partial charge in [0, 0.05) is 24.5 Å². The van der Waals surface area contributed by atoms with Gasteiger partial charge >= 0.3 is 0 Å². The summed E-state index contributed by atoms with van der Waals surface area (Å²) in [5.74, 6) is 0.632. The maximum Gasteiger partial charge on any atom is 0.240 e. The van der Waals surface area contributed by atoms with Crippen LogP contribution in [0.5, 0.6) is 0 Å². The summed E-state index contributed by atoms with van der Waals surface area (Å²) >= 11 is 1.83. The fraction of sp³-hybridized carbons (Fsp3) is 0.722. The second-order valence-electron chi connectivity index (χ2n) is 7.25. The smallest absolute Gasteiger partial charge is 0.240 e. The number of hydrogen-bond acceptors (Lipinski definition) is 4. The van der Waals surface area contributed by atoms with E-state index in [0.717, 1.165) is 45.3 Å². The summed E-state index contributed by atoms with van der Waals surface area (Å²) in [6.45, 7) is 4.07. The molecule has 3 rings (SSSR count). The Morgan fingerprint density at radius 2 is 2.17 bits per heavy atom. The summed E-state index contributed by atoms with van der Waals surface area (Å²) in [7, 11) is 0. The van der Waals surface area contributed by atoms with Crippen molar-refractivity contribution >= 4 is 17.2 Å². The predicted octanol–water partition coefficient (Wildman–Crippen LogP) is 2.74. The molecule has 1 unspecified atom stereocenters. The van der Waals surface area contributed by atoms with E-state index in [1.165, 1.54) is 30.7 Å². The number of hydrogen-bond donors (Lipinski definition) is 2. The maximum atomic E-state index is 12.5. The summed E-state index contributed by atoms with van der Waals surface area (Å²) in [6, 6.07) is 4.32. The average Bonchev–Trinajstić information content (AvgIpc) is 3.06. The molecule has 0 radical (unpaired) electrons. The van der Waals surface area contributed by atoms with Crippen LogP contribution in [0.15, 0.2) is 17.5 Å². The molecule has 0 aromatic carbocycles. The lowest BCUT2D eigenvalue weighted by atomic mass is 9.82. The van der Waals surface area contributed by atoms with Gasteiger partial charge in [-0.3, -0.25) is 9.69 Å². The van der Waals surface area contributed by atoms with Gasteiger partial charge in [-0.25, -0.2) is 0 Å². The van der Waals surface area contributed by atoms with Gasteiger partial charge in [0.2, 0.25) is 5.91 Å². The molecule has 5 heteroatoms. The number of likely N-dealkylation sites (tertiary alicyclic amines) is 1. The maximum absolute atomic E-state index is 12.5. The van der Waals surface area contributed by atoms with E-state index in [4.69, 9.17) is 5.73 Å². The van der Waals surface area contributed by atoms with E-state index in [0.29, 0.717) is 5.92 Å². The summed E-state index contributed by atoms with van der Waals surface area (Å²) < 4.78 is 0.